The van der Waals surface area contributed by atoms with Crippen molar-refractivity contribution in [3.63, 3.8) is 0 Å². The number of allylic oxidation sites excluding steroid dienone is 1. The SMILES string of the molecule is CC(C)NC[C@H](O)COc1ccc(NC(=O)CC/C=C/[123I])cc1. The van der Waals surface area contributed by atoms with Crippen LogP contribution in [0.4, 0.5) is 5.69 Å². The maximum atomic E-state index is 11.7. The number of aliphatic hydroxyl groups is 1. The number of hydrogen-bond donors (Lipinski definition) is 3. The predicted octanol–water partition coefficient (Wildman–Crippen LogP) is 3.09. The Morgan fingerprint density at radius 2 is 2.04 bits per heavy atom. The minimum absolute atomic E-state index is 0.0108. The van der Waals surface area contributed by atoms with Crippen molar-refractivity contribution >= 4 is 34.2 Å². The molecule has 1 aromatic rings. The van der Waals surface area contributed by atoms with Crippen LogP contribution in [0.15, 0.2) is 34.4 Å². The lowest BCUT2D eigenvalue weighted by Crippen LogP contribution is -2.35. The molecule has 0 bridgehead atoms. The van der Waals surface area contributed by atoms with E-state index in [0.717, 1.165) is 12.1 Å². The maximum Gasteiger partial charge on any atom is 0.224 e. The molecule has 5 nitrogen and oxygen atoms in total. The third-order valence-electron chi connectivity index (χ3n) is 2.97. The summed E-state index contributed by atoms with van der Waals surface area (Å²) in [6.07, 6.45) is 2.60. The molecule has 0 saturated heterocycles. The number of aliphatic hydroxyl groups excluding tert-OH is 1. The standard InChI is InChI=1S/C17H25IN2O3/c1-13(2)19-11-15(21)12-23-16-8-6-14(7-9-16)20-17(22)5-3-4-10-18/h4,6-10,13,15,19,21H,3,5,11-12H2,1-2H3,(H,20,22)/b10-4+/t15-/m0/s1/i18-4. The highest BCUT2D eigenvalue weighted by atomic mass is 123. The van der Waals surface area contributed by atoms with E-state index in [0.29, 0.717) is 24.8 Å². The summed E-state index contributed by atoms with van der Waals surface area (Å²) in [7, 11) is 0. The van der Waals surface area contributed by atoms with Crippen LogP contribution in [0, 0.1) is 0 Å². The molecular formula is C17H25IN2O3. The van der Waals surface area contributed by atoms with Crippen LogP contribution in [0.2, 0.25) is 0 Å². The molecule has 128 valence electrons. The summed E-state index contributed by atoms with van der Waals surface area (Å²) in [5.41, 5.74) is 0.739. The smallest absolute Gasteiger partial charge is 0.224 e. The van der Waals surface area contributed by atoms with E-state index >= 15 is 0 Å². The molecule has 0 saturated carbocycles. The molecule has 23 heavy (non-hydrogen) atoms. The zero-order valence-corrected chi connectivity index (χ0v) is 15.7. The third kappa shape index (κ3) is 9.58. The molecule has 1 amide bonds. The van der Waals surface area contributed by atoms with Crippen LogP contribution in [-0.2, 0) is 4.79 Å². The lowest BCUT2D eigenvalue weighted by Gasteiger charge is -2.15. The van der Waals surface area contributed by atoms with Crippen LogP contribution in [0.5, 0.6) is 5.75 Å². The molecule has 0 fully saturated rings. The van der Waals surface area contributed by atoms with Gasteiger partial charge in [-0.2, -0.15) is 0 Å². The lowest BCUT2D eigenvalue weighted by atomic mass is 10.2. The summed E-state index contributed by atoms with van der Waals surface area (Å²) in [5.74, 6) is 0.655. The van der Waals surface area contributed by atoms with Crippen LogP contribution >= 0.6 is 22.6 Å². The minimum Gasteiger partial charge on any atom is -0.491 e. The molecule has 0 unspecified atom stereocenters. The number of amides is 1. The quantitative estimate of drug-likeness (QED) is 0.501. The van der Waals surface area contributed by atoms with E-state index < -0.39 is 6.10 Å². The van der Waals surface area contributed by atoms with Crippen LogP contribution in [0.3, 0.4) is 0 Å². The number of hydrogen-bond acceptors (Lipinski definition) is 4. The summed E-state index contributed by atoms with van der Waals surface area (Å²) in [4.78, 5) is 11.7. The molecule has 0 heterocycles. The summed E-state index contributed by atoms with van der Waals surface area (Å²) >= 11 is 2.13. The largest absolute Gasteiger partial charge is 0.491 e. The summed E-state index contributed by atoms with van der Waals surface area (Å²) in [5, 5.41) is 15.8. The summed E-state index contributed by atoms with van der Waals surface area (Å²) in [6, 6.07) is 7.48. The second-order valence-electron chi connectivity index (χ2n) is 5.50. The van der Waals surface area contributed by atoms with Crippen molar-refractivity contribution in [2.75, 3.05) is 18.5 Å². The van der Waals surface area contributed by atoms with Gasteiger partial charge in [0.15, 0.2) is 0 Å². The first kappa shape index (κ1) is 19.9. The average Bonchev–Trinajstić information content (AvgIpc) is 2.52. The number of rotatable bonds is 10. The topological polar surface area (TPSA) is 70.6 Å². The molecule has 0 aromatic heterocycles. The number of halogens is 1. The molecule has 0 aliphatic rings. The Hall–Kier alpha value is -1.12. The summed E-state index contributed by atoms with van der Waals surface area (Å²) in [6.45, 7) is 4.78. The molecular weight excluding hydrogens is 403 g/mol. The highest BCUT2D eigenvalue weighted by Gasteiger charge is 2.06. The van der Waals surface area contributed by atoms with Crippen LogP contribution < -0.4 is 15.4 Å². The Balaban J connectivity index is 2.34. The molecule has 0 radical (unpaired) electrons. The maximum absolute atomic E-state index is 11.7. The second-order valence-corrected chi connectivity index (χ2v) is 6.22. The highest BCUT2D eigenvalue weighted by molar-refractivity contribution is 14.1. The number of nitrogens with one attached hydrogen (secondary N) is 2. The molecule has 3 N–H and O–H groups in total. The van der Waals surface area contributed by atoms with E-state index in [1.165, 1.54) is 0 Å². The molecule has 1 aromatic carbocycles. The number of carbonyl (C=O) groups is 1. The van der Waals surface area contributed by atoms with Gasteiger partial charge in [0.2, 0.25) is 5.91 Å². The van der Waals surface area contributed by atoms with Crippen molar-refractivity contribution in [3.05, 3.63) is 34.4 Å². The fourth-order valence-corrected chi connectivity index (χ4v) is 2.12. The Bertz CT molecular complexity index is 489. The van der Waals surface area contributed by atoms with Gasteiger partial charge in [-0.3, -0.25) is 4.79 Å². The first-order valence-corrected chi connectivity index (χ1v) is 8.95. The van der Waals surface area contributed by atoms with E-state index in [1.54, 1.807) is 24.3 Å². The number of benzene rings is 1. The predicted molar refractivity (Wildman–Crippen MR) is 102 cm³/mol. The Morgan fingerprint density at radius 1 is 1.35 bits per heavy atom. The van der Waals surface area contributed by atoms with E-state index in [2.05, 4.69) is 33.2 Å². The number of carbonyl (C=O) groups excluding carboxylic acids is 1. The van der Waals surface area contributed by atoms with E-state index in [1.807, 2.05) is 24.0 Å². The first-order chi connectivity index (χ1) is 11.0. The number of anilines is 1. The Morgan fingerprint density at radius 3 is 2.65 bits per heavy atom. The molecule has 0 spiro atoms. The van der Waals surface area contributed by atoms with E-state index in [4.69, 9.17) is 4.74 Å². The summed E-state index contributed by atoms with van der Waals surface area (Å²) < 4.78 is 7.43. The van der Waals surface area contributed by atoms with Crippen LogP contribution in [-0.4, -0.2) is 36.3 Å². The van der Waals surface area contributed by atoms with E-state index in [-0.39, 0.29) is 12.5 Å². The van der Waals surface area contributed by atoms with Crippen molar-refractivity contribution in [1.82, 2.24) is 5.32 Å². The molecule has 1 rings (SSSR count). The number of ether oxygens (including phenoxy) is 1. The van der Waals surface area contributed by atoms with Crippen LogP contribution in [0.1, 0.15) is 26.7 Å². The Labute approximate surface area is 151 Å². The van der Waals surface area contributed by atoms with Gasteiger partial charge in [-0.05, 0) is 34.8 Å². The van der Waals surface area contributed by atoms with Gasteiger partial charge in [0, 0.05) is 24.7 Å². The minimum atomic E-state index is -0.553. The molecule has 0 aliphatic heterocycles. The van der Waals surface area contributed by atoms with Gasteiger partial charge < -0.3 is 20.5 Å². The first-order valence-electron chi connectivity index (χ1n) is 7.70. The van der Waals surface area contributed by atoms with Gasteiger partial charge in [-0.1, -0.05) is 42.5 Å². The van der Waals surface area contributed by atoms with Gasteiger partial charge in [0.05, 0.1) is 0 Å². The van der Waals surface area contributed by atoms with Gasteiger partial charge in [0.25, 0.3) is 0 Å². The highest BCUT2D eigenvalue weighted by Crippen LogP contribution is 2.16. The van der Waals surface area contributed by atoms with Crippen LogP contribution in [0.25, 0.3) is 0 Å². The van der Waals surface area contributed by atoms with E-state index in [9.17, 15) is 9.90 Å². The molecule has 0 aliphatic carbocycles. The van der Waals surface area contributed by atoms with Gasteiger partial charge in [-0.15, -0.1) is 0 Å². The fourth-order valence-electron chi connectivity index (χ4n) is 1.76. The fraction of sp³-hybridized carbons (Fsp3) is 0.471. The second kappa shape index (κ2) is 11.4. The van der Waals surface area contributed by atoms with Crippen molar-refractivity contribution in [2.24, 2.45) is 0 Å². The van der Waals surface area contributed by atoms with Gasteiger partial charge >= 0.3 is 0 Å². The molecule has 1 atom stereocenters. The van der Waals surface area contributed by atoms with Gasteiger partial charge in [-0.25, -0.2) is 0 Å². The zero-order chi connectivity index (χ0) is 17.1. The Kier molecular flexibility index (Phi) is 9.89. The average molecular weight is 428 g/mol. The lowest BCUT2D eigenvalue weighted by molar-refractivity contribution is -0.116. The molecule has 6 heteroatoms. The van der Waals surface area contributed by atoms with Gasteiger partial charge in [0.1, 0.15) is 18.5 Å². The monoisotopic (exact) mass is 428 g/mol. The van der Waals surface area contributed by atoms with Crippen molar-refractivity contribution in [1.29, 1.82) is 0 Å². The van der Waals surface area contributed by atoms with Crippen molar-refractivity contribution < 1.29 is 14.6 Å². The van der Waals surface area contributed by atoms with Crippen molar-refractivity contribution in [3.8, 4) is 5.75 Å². The van der Waals surface area contributed by atoms with Crippen molar-refractivity contribution in [2.45, 2.75) is 38.8 Å². The zero-order valence-electron chi connectivity index (χ0n) is 13.6. The third-order valence-corrected chi connectivity index (χ3v) is 3.48. The normalized spacial score (nSPS) is 12.6.